The number of oxazole rings is 1. The van der Waals surface area contributed by atoms with E-state index in [-0.39, 0.29) is 5.91 Å². The van der Waals surface area contributed by atoms with Crippen molar-refractivity contribution in [2.24, 2.45) is 0 Å². The number of hydrogen-bond donors (Lipinski definition) is 3. The van der Waals surface area contributed by atoms with Crippen LogP contribution in [0.15, 0.2) is 89.8 Å². The Morgan fingerprint density at radius 1 is 0.794 bits per heavy atom. The zero-order valence-electron chi connectivity index (χ0n) is 18.1. The molecule has 9 nitrogen and oxygen atoms in total. The van der Waals surface area contributed by atoms with Crippen LogP contribution in [0.2, 0.25) is 0 Å². The van der Waals surface area contributed by atoms with Gasteiger partial charge in [0.2, 0.25) is 0 Å². The number of rotatable bonds is 6. The number of carbonyl (C=O) groups excluding carboxylic acids is 3. The lowest BCUT2D eigenvalue weighted by atomic mass is 10.1. The van der Waals surface area contributed by atoms with E-state index in [0.29, 0.717) is 39.7 Å². The summed E-state index contributed by atoms with van der Waals surface area (Å²) >= 11 is 0. The van der Waals surface area contributed by atoms with E-state index in [4.69, 9.17) is 9.15 Å². The minimum Gasteiger partial charge on any atom is -0.496 e. The number of anilines is 3. The fourth-order valence-corrected chi connectivity index (χ4v) is 3.16. The lowest BCUT2D eigenvalue weighted by molar-refractivity contribution is -0.132. The Hall–Kier alpha value is -4.92. The number of para-hydroxylation sites is 1. The predicted molar refractivity (Wildman–Crippen MR) is 127 cm³/mol. The van der Waals surface area contributed by atoms with E-state index < -0.39 is 11.8 Å². The van der Waals surface area contributed by atoms with Crippen LogP contribution in [0.5, 0.6) is 5.75 Å². The number of ether oxygens (including phenoxy) is 1. The van der Waals surface area contributed by atoms with Crippen LogP contribution < -0.4 is 20.7 Å². The zero-order chi connectivity index (χ0) is 23.9. The molecule has 4 rings (SSSR count). The Bertz CT molecular complexity index is 1320. The summed E-state index contributed by atoms with van der Waals surface area (Å²) in [6, 6.07) is 20.1. The molecule has 0 spiro atoms. The lowest BCUT2D eigenvalue weighted by Gasteiger charge is -2.11. The molecule has 0 aliphatic carbocycles. The summed E-state index contributed by atoms with van der Waals surface area (Å²) < 4.78 is 10.6. The van der Waals surface area contributed by atoms with Crippen molar-refractivity contribution in [1.29, 1.82) is 0 Å². The molecule has 3 amide bonds. The van der Waals surface area contributed by atoms with Crippen molar-refractivity contribution in [3.63, 3.8) is 0 Å². The van der Waals surface area contributed by atoms with Crippen LogP contribution in [0.1, 0.15) is 10.4 Å². The van der Waals surface area contributed by atoms with Crippen LogP contribution in [0.25, 0.3) is 11.3 Å². The predicted octanol–water partition coefficient (Wildman–Crippen LogP) is 4.18. The van der Waals surface area contributed by atoms with E-state index in [1.54, 1.807) is 48.5 Å². The molecule has 0 unspecified atom stereocenters. The summed E-state index contributed by atoms with van der Waals surface area (Å²) in [4.78, 5) is 41.2. The Morgan fingerprint density at radius 3 is 2.18 bits per heavy atom. The summed E-state index contributed by atoms with van der Waals surface area (Å²) in [6.07, 6.45) is 2.84. The Kier molecular flexibility index (Phi) is 6.64. The number of carbonyl (C=O) groups is 3. The van der Waals surface area contributed by atoms with Crippen molar-refractivity contribution in [2.45, 2.75) is 0 Å². The van der Waals surface area contributed by atoms with Gasteiger partial charge in [-0.05, 0) is 42.5 Å². The molecular formula is C25H20N4O5. The van der Waals surface area contributed by atoms with Crippen LogP contribution in [0.3, 0.4) is 0 Å². The maximum Gasteiger partial charge on any atom is 0.314 e. The third kappa shape index (κ3) is 5.28. The largest absolute Gasteiger partial charge is 0.496 e. The van der Waals surface area contributed by atoms with E-state index in [1.807, 2.05) is 18.2 Å². The Balaban J connectivity index is 1.40. The van der Waals surface area contributed by atoms with Crippen molar-refractivity contribution in [3.8, 4) is 17.1 Å². The first kappa shape index (κ1) is 22.3. The van der Waals surface area contributed by atoms with E-state index in [0.717, 1.165) is 0 Å². The molecule has 0 bridgehead atoms. The van der Waals surface area contributed by atoms with Gasteiger partial charge in [0.05, 0.1) is 18.9 Å². The Morgan fingerprint density at radius 2 is 1.50 bits per heavy atom. The smallest absolute Gasteiger partial charge is 0.314 e. The molecule has 0 atom stereocenters. The summed E-state index contributed by atoms with van der Waals surface area (Å²) in [5.74, 6) is -1.17. The molecule has 3 aromatic carbocycles. The second-order valence-electron chi connectivity index (χ2n) is 7.09. The van der Waals surface area contributed by atoms with Crippen LogP contribution in [0, 0.1) is 0 Å². The van der Waals surface area contributed by atoms with Crippen LogP contribution >= 0.6 is 0 Å². The van der Waals surface area contributed by atoms with Gasteiger partial charge in [-0.2, -0.15) is 0 Å². The van der Waals surface area contributed by atoms with Crippen molar-refractivity contribution in [2.75, 3.05) is 23.1 Å². The summed E-state index contributed by atoms with van der Waals surface area (Å²) in [5.41, 5.74) is 2.28. The fraction of sp³-hybridized carbons (Fsp3) is 0.0400. The molecule has 1 heterocycles. The minimum absolute atomic E-state index is 0.305. The third-order valence-electron chi connectivity index (χ3n) is 4.78. The molecule has 0 fully saturated rings. The van der Waals surface area contributed by atoms with Gasteiger partial charge in [0, 0.05) is 28.7 Å². The molecule has 170 valence electrons. The number of nitrogens with zero attached hydrogens (tertiary/aromatic N) is 1. The first-order chi connectivity index (χ1) is 16.5. The van der Waals surface area contributed by atoms with Gasteiger partial charge in [0.15, 0.2) is 12.2 Å². The highest BCUT2D eigenvalue weighted by Gasteiger charge is 2.17. The molecule has 0 aliphatic rings. The number of methoxy groups -OCH3 is 1. The van der Waals surface area contributed by atoms with Gasteiger partial charge in [-0.25, -0.2) is 4.98 Å². The quantitative estimate of drug-likeness (QED) is 0.374. The number of amides is 3. The van der Waals surface area contributed by atoms with Gasteiger partial charge < -0.3 is 25.1 Å². The van der Waals surface area contributed by atoms with Crippen LogP contribution in [-0.4, -0.2) is 29.8 Å². The van der Waals surface area contributed by atoms with Gasteiger partial charge >= 0.3 is 11.8 Å². The van der Waals surface area contributed by atoms with Crippen molar-refractivity contribution in [3.05, 3.63) is 91.0 Å². The van der Waals surface area contributed by atoms with Crippen molar-refractivity contribution < 1.29 is 23.5 Å². The van der Waals surface area contributed by atoms with Crippen molar-refractivity contribution >= 4 is 34.8 Å². The normalized spacial score (nSPS) is 10.3. The standard InChI is InChI=1S/C25H20N4O5/c1-33-21-13-19(10-11-20(21)22-14-26-15-34-22)29-25(32)24(31)28-18-9-5-6-16(12-18)23(30)27-17-7-3-2-4-8-17/h2-15H,1H3,(H,27,30)(H,28,31)(H,29,32). The van der Waals surface area contributed by atoms with Crippen molar-refractivity contribution in [1.82, 2.24) is 4.98 Å². The Labute approximate surface area is 194 Å². The monoisotopic (exact) mass is 456 g/mol. The minimum atomic E-state index is -0.890. The molecule has 1 aromatic heterocycles. The first-order valence-electron chi connectivity index (χ1n) is 10.2. The van der Waals surface area contributed by atoms with E-state index >= 15 is 0 Å². The van der Waals surface area contributed by atoms with Gasteiger partial charge in [-0.1, -0.05) is 24.3 Å². The van der Waals surface area contributed by atoms with Crippen LogP contribution in [-0.2, 0) is 9.59 Å². The molecule has 0 saturated carbocycles. The fourth-order valence-electron chi connectivity index (χ4n) is 3.16. The maximum atomic E-state index is 12.5. The van der Waals surface area contributed by atoms with Gasteiger partial charge in [0.1, 0.15) is 5.75 Å². The molecule has 0 saturated heterocycles. The van der Waals surface area contributed by atoms with E-state index in [2.05, 4.69) is 20.9 Å². The molecule has 9 heteroatoms. The van der Waals surface area contributed by atoms with Gasteiger partial charge in [0.25, 0.3) is 5.91 Å². The second-order valence-corrected chi connectivity index (χ2v) is 7.09. The second kappa shape index (κ2) is 10.1. The van der Waals surface area contributed by atoms with Gasteiger partial charge in [-0.3, -0.25) is 14.4 Å². The summed E-state index contributed by atoms with van der Waals surface area (Å²) in [7, 11) is 1.48. The SMILES string of the molecule is COc1cc(NC(=O)C(=O)Nc2cccc(C(=O)Nc3ccccc3)c2)ccc1-c1cnco1. The molecular weight excluding hydrogens is 436 g/mol. The highest BCUT2D eigenvalue weighted by atomic mass is 16.5. The van der Waals surface area contributed by atoms with E-state index in [9.17, 15) is 14.4 Å². The molecule has 0 aliphatic heterocycles. The summed E-state index contributed by atoms with van der Waals surface area (Å²) in [6.45, 7) is 0. The summed E-state index contributed by atoms with van der Waals surface area (Å²) in [5, 5.41) is 7.79. The third-order valence-corrected chi connectivity index (χ3v) is 4.78. The zero-order valence-corrected chi connectivity index (χ0v) is 18.1. The number of nitrogens with one attached hydrogen (secondary N) is 3. The lowest BCUT2D eigenvalue weighted by Crippen LogP contribution is -2.29. The molecule has 4 aromatic rings. The number of hydrogen-bond acceptors (Lipinski definition) is 6. The number of benzene rings is 3. The van der Waals surface area contributed by atoms with E-state index in [1.165, 1.54) is 25.8 Å². The highest BCUT2D eigenvalue weighted by Crippen LogP contribution is 2.32. The van der Waals surface area contributed by atoms with Crippen LogP contribution in [0.4, 0.5) is 17.1 Å². The van der Waals surface area contributed by atoms with Gasteiger partial charge in [-0.15, -0.1) is 0 Å². The highest BCUT2D eigenvalue weighted by molar-refractivity contribution is 6.43. The first-order valence-corrected chi connectivity index (χ1v) is 10.2. The topological polar surface area (TPSA) is 123 Å². The molecule has 3 N–H and O–H groups in total. The number of aromatic nitrogens is 1. The average Bonchev–Trinajstić information content (AvgIpc) is 3.39. The molecule has 34 heavy (non-hydrogen) atoms. The average molecular weight is 456 g/mol. The maximum absolute atomic E-state index is 12.5. The molecule has 0 radical (unpaired) electrons.